The predicted molar refractivity (Wildman–Crippen MR) is 267 cm³/mol. The van der Waals surface area contributed by atoms with Crippen LogP contribution in [0.3, 0.4) is 0 Å². The molecule has 5 N–H and O–H groups in total. The van der Waals surface area contributed by atoms with Crippen LogP contribution in [0, 0.1) is 23.7 Å². The Morgan fingerprint density at radius 1 is 0.662 bits per heavy atom. The van der Waals surface area contributed by atoms with Crippen LogP contribution in [0.25, 0.3) is 0 Å². The molecule has 10 nitrogen and oxygen atoms in total. The largest absolute Gasteiger partial charge is 0.506 e. The summed E-state index contributed by atoms with van der Waals surface area (Å²) in [6.07, 6.45) is 18.6. The van der Waals surface area contributed by atoms with E-state index in [1.165, 1.54) is 36.8 Å². The molecule has 4 unspecified atom stereocenters. The summed E-state index contributed by atoms with van der Waals surface area (Å²) >= 11 is 3.46. The molecule has 2 saturated carbocycles. The molecule has 8 rings (SSSR count). The van der Waals surface area contributed by atoms with Crippen molar-refractivity contribution in [2.75, 3.05) is 42.5 Å². The average Bonchev–Trinajstić information content (AvgIpc) is 4.27. The molecule has 12 heteroatoms. The molecule has 0 bridgehead atoms. The van der Waals surface area contributed by atoms with Crippen LogP contribution >= 0.6 is 23.9 Å². The van der Waals surface area contributed by atoms with Gasteiger partial charge in [0.1, 0.15) is 23.0 Å². The quantitative estimate of drug-likeness (QED) is 0.0212. The maximum absolute atomic E-state index is 12.5. The van der Waals surface area contributed by atoms with Gasteiger partial charge >= 0.3 is 0 Å². The molecule has 4 aromatic rings. The molecule has 2 amide bonds. The van der Waals surface area contributed by atoms with Crippen molar-refractivity contribution in [3.05, 3.63) is 131 Å². The highest BCUT2D eigenvalue weighted by atomic mass is 32.2. The maximum atomic E-state index is 12.5. The lowest BCUT2D eigenvalue weighted by molar-refractivity contribution is -0.120. The molecule has 2 aliphatic heterocycles. The first-order valence-corrected chi connectivity index (χ1v) is 25.3. The first kappa shape index (κ1) is 48.1. The zero-order valence-electron chi connectivity index (χ0n) is 38.1. The highest BCUT2D eigenvalue weighted by Crippen LogP contribution is 2.36. The van der Waals surface area contributed by atoms with Gasteiger partial charge in [0.2, 0.25) is 11.8 Å². The van der Waals surface area contributed by atoms with Gasteiger partial charge in [-0.15, -0.1) is 0 Å². The number of phenols is 1. The molecule has 0 radical (unpaired) electrons. The van der Waals surface area contributed by atoms with E-state index in [1.807, 2.05) is 36.4 Å². The third kappa shape index (κ3) is 15.1. The van der Waals surface area contributed by atoms with Gasteiger partial charge in [0, 0.05) is 35.4 Å². The summed E-state index contributed by atoms with van der Waals surface area (Å²) < 4.78 is 24.2. The van der Waals surface area contributed by atoms with Crippen molar-refractivity contribution in [3.8, 4) is 23.0 Å². The summed E-state index contributed by atoms with van der Waals surface area (Å²) in [5.74, 6) is 6.21. The average molecular weight is 919 g/mol. The number of rotatable bonds is 23. The second-order valence-electron chi connectivity index (χ2n) is 17.6. The van der Waals surface area contributed by atoms with Crippen molar-refractivity contribution in [2.45, 2.75) is 90.1 Å². The number of ether oxygens (including phenoxy) is 3. The Kier molecular flexibility index (Phi) is 18.2. The van der Waals surface area contributed by atoms with Crippen molar-refractivity contribution in [1.82, 2.24) is 9.44 Å². The number of carbonyl (C=O) groups excluding carboxylic acids is 2. The summed E-state index contributed by atoms with van der Waals surface area (Å²) in [7, 11) is 1.63. The molecule has 4 aliphatic rings. The third-order valence-corrected chi connectivity index (χ3v) is 14.1. The summed E-state index contributed by atoms with van der Waals surface area (Å²) in [5, 5.41) is 15.7. The molecular formula is C53H66N4O6S2. The fourth-order valence-corrected chi connectivity index (χ4v) is 9.28. The predicted octanol–water partition coefficient (Wildman–Crippen LogP) is 11.6. The standard InChI is InChI=1S/C27H34N2O3S.C26H32N2O3S/c1-19(21-9-6-11-24(17-21)32-18-20-13-14-20)29-33-15-5-3-4-8-23-16-22-10-7-12-25(31-2)26(22)28-27(23)30;1-18(20-8-5-10-23(16-20)31-17-19-12-13-19)28-32-14-4-2-3-7-22-15-21-9-6-11-24(29)25(21)27-26(22)30/h3-4,6-7,9-12,17,19-20,23,29H,5,8,13-16,18H2,1-2H3,(H,28,30);2-3,5-6,8-11,16,18-19,22,28-29H,4,7,12-15,17H2,1H3,(H,27,30)/b4-3+;3-2+. The number of para-hydroxylation sites is 2. The van der Waals surface area contributed by atoms with Crippen molar-refractivity contribution < 1.29 is 28.9 Å². The number of anilines is 2. The summed E-state index contributed by atoms with van der Waals surface area (Å²) in [6.45, 7) is 6.02. The molecule has 2 heterocycles. The number of hydrogen-bond donors (Lipinski definition) is 5. The van der Waals surface area contributed by atoms with Crippen molar-refractivity contribution in [1.29, 1.82) is 0 Å². The minimum atomic E-state index is -0.0826. The lowest BCUT2D eigenvalue weighted by Crippen LogP contribution is -2.29. The number of benzene rings is 4. The van der Waals surface area contributed by atoms with E-state index >= 15 is 0 Å². The van der Waals surface area contributed by atoms with Crippen LogP contribution < -0.4 is 34.3 Å². The molecular weight excluding hydrogens is 853 g/mol. The summed E-state index contributed by atoms with van der Waals surface area (Å²) in [4.78, 5) is 24.8. The molecule has 2 fully saturated rings. The Bertz CT molecular complexity index is 2240. The second-order valence-corrected chi connectivity index (χ2v) is 19.5. The number of aromatic hydroxyl groups is 1. The topological polar surface area (TPSA) is 130 Å². The van der Waals surface area contributed by atoms with Crippen LogP contribution in [-0.2, 0) is 22.4 Å². The Balaban J connectivity index is 0.000000194. The number of amides is 2. The molecule has 2 aliphatic carbocycles. The molecule has 346 valence electrons. The highest BCUT2D eigenvalue weighted by Gasteiger charge is 2.28. The lowest BCUT2D eigenvalue weighted by atomic mass is 9.90. The van der Waals surface area contributed by atoms with Gasteiger partial charge in [-0.1, -0.05) is 96.7 Å². The molecule has 0 spiro atoms. The molecule has 0 saturated heterocycles. The van der Waals surface area contributed by atoms with Gasteiger partial charge in [-0.05, 0) is 149 Å². The SMILES string of the molecule is CC(NSCC/C=C/CC1Cc2cccc(O)c2NC1=O)c1cccc(OCC2CC2)c1.COc1cccc2c1NC(=O)C(C/C=C/CCSNC(C)c1cccc(OCC3CC3)c1)C2. The van der Waals surface area contributed by atoms with Gasteiger partial charge in [0.15, 0.2) is 0 Å². The van der Waals surface area contributed by atoms with E-state index < -0.39 is 0 Å². The van der Waals surface area contributed by atoms with Crippen LogP contribution in [0.1, 0.15) is 99.6 Å². The first-order chi connectivity index (χ1) is 31.7. The fourth-order valence-electron chi connectivity index (χ4n) is 7.77. The second kappa shape index (κ2) is 24.6. The minimum absolute atomic E-state index is 0.0168. The molecule has 0 aromatic heterocycles. The van der Waals surface area contributed by atoms with Crippen LogP contribution in [0.2, 0.25) is 0 Å². The van der Waals surface area contributed by atoms with Crippen LogP contribution in [0.4, 0.5) is 11.4 Å². The number of phenolic OH excluding ortho intramolecular Hbond substituents is 1. The van der Waals surface area contributed by atoms with Gasteiger partial charge in [0.05, 0.1) is 31.7 Å². The fraction of sp³-hybridized carbons (Fsp3) is 0.434. The van der Waals surface area contributed by atoms with E-state index in [0.717, 1.165) is 96.3 Å². The lowest BCUT2D eigenvalue weighted by Gasteiger charge is -2.25. The van der Waals surface area contributed by atoms with Crippen molar-refractivity contribution >= 4 is 47.1 Å². The Labute approximate surface area is 394 Å². The smallest absolute Gasteiger partial charge is 0.228 e. The van der Waals surface area contributed by atoms with E-state index in [4.69, 9.17) is 14.2 Å². The zero-order chi connectivity index (χ0) is 45.4. The number of hydrogen-bond acceptors (Lipinski definition) is 10. The Hall–Kier alpha value is -4.88. The van der Waals surface area contributed by atoms with Crippen LogP contribution in [-0.4, -0.2) is 48.8 Å². The van der Waals surface area contributed by atoms with E-state index in [0.29, 0.717) is 18.5 Å². The minimum Gasteiger partial charge on any atom is -0.506 e. The number of allylic oxidation sites excluding steroid dienone is 4. The van der Waals surface area contributed by atoms with Gasteiger partial charge in [-0.25, -0.2) is 0 Å². The zero-order valence-corrected chi connectivity index (χ0v) is 39.7. The van der Waals surface area contributed by atoms with Crippen LogP contribution in [0.15, 0.2) is 109 Å². The van der Waals surface area contributed by atoms with Crippen LogP contribution in [0.5, 0.6) is 23.0 Å². The Morgan fingerprint density at radius 3 is 1.65 bits per heavy atom. The van der Waals surface area contributed by atoms with Crippen molar-refractivity contribution in [3.63, 3.8) is 0 Å². The number of carbonyl (C=O) groups is 2. The monoisotopic (exact) mass is 918 g/mol. The van der Waals surface area contributed by atoms with E-state index in [2.05, 4.69) is 101 Å². The number of fused-ring (bicyclic) bond motifs is 2. The third-order valence-electron chi connectivity index (χ3n) is 12.2. The van der Waals surface area contributed by atoms with Gasteiger partial charge in [-0.3, -0.25) is 19.0 Å². The normalized spacial score (nSPS) is 18.8. The Morgan fingerprint density at radius 2 is 1.14 bits per heavy atom. The molecule has 65 heavy (non-hydrogen) atoms. The number of methoxy groups -OCH3 is 1. The van der Waals surface area contributed by atoms with Gasteiger partial charge in [0.25, 0.3) is 0 Å². The molecule has 4 atom stereocenters. The summed E-state index contributed by atoms with van der Waals surface area (Å²) in [6, 6.07) is 28.6. The molecule has 4 aromatic carbocycles. The summed E-state index contributed by atoms with van der Waals surface area (Å²) in [5.41, 5.74) is 6.00. The van der Waals surface area contributed by atoms with E-state index in [-0.39, 0.29) is 41.5 Å². The maximum Gasteiger partial charge on any atom is 0.228 e. The van der Waals surface area contributed by atoms with Crippen molar-refractivity contribution in [2.24, 2.45) is 23.7 Å². The van der Waals surface area contributed by atoms with Gasteiger partial charge in [-0.2, -0.15) is 0 Å². The van der Waals surface area contributed by atoms with E-state index in [1.54, 1.807) is 37.1 Å². The van der Waals surface area contributed by atoms with E-state index in [9.17, 15) is 14.7 Å². The van der Waals surface area contributed by atoms with Gasteiger partial charge < -0.3 is 30.0 Å². The highest BCUT2D eigenvalue weighted by molar-refractivity contribution is 7.97. The first-order valence-electron chi connectivity index (χ1n) is 23.3. The number of nitrogens with one attached hydrogen (secondary N) is 4.